The Kier molecular flexibility index (Phi) is 2.94. The van der Waals surface area contributed by atoms with Crippen molar-refractivity contribution in [1.29, 1.82) is 0 Å². The highest BCUT2D eigenvalue weighted by molar-refractivity contribution is 5.94. The first-order valence-electron chi connectivity index (χ1n) is 7.34. The average Bonchev–Trinajstić information content (AvgIpc) is 2.96. The van der Waals surface area contributed by atoms with Gasteiger partial charge in [-0.1, -0.05) is 60.7 Å². The fourth-order valence-corrected chi connectivity index (χ4v) is 2.81. The number of nitrogens with two attached hydrogens (primary N) is 1. The third-order valence-electron chi connectivity index (χ3n) is 4.04. The summed E-state index contributed by atoms with van der Waals surface area (Å²) in [5, 5.41) is 1.07. The molecule has 22 heavy (non-hydrogen) atoms. The number of aromatic nitrogens is 1. The molecule has 0 aliphatic heterocycles. The summed E-state index contributed by atoms with van der Waals surface area (Å²) in [6, 6.07) is 25.4. The number of hydrogen-bond donors (Lipinski definition) is 2. The highest BCUT2D eigenvalue weighted by Gasteiger charge is 2.04. The van der Waals surface area contributed by atoms with Crippen LogP contribution in [0.1, 0.15) is 0 Å². The number of rotatable bonds is 2. The van der Waals surface area contributed by atoms with Crippen molar-refractivity contribution in [2.45, 2.75) is 0 Å². The summed E-state index contributed by atoms with van der Waals surface area (Å²) in [5.74, 6) is 0. The molecular weight excluding hydrogens is 268 g/mol. The van der Waals surface area contributed by atoms with Crippen molar-refractivity contribution >= 4 is 16.6 Å². The molecule has 0 atom stereocenters. The second-order valence-electron chi connectivity index (χ2n) is 5.45. The zero-order valence-corrected chi connectivity index (χ0v) is 12.1. The predicted octanol–water partition coefficient (Wildman–Crippen LogP) is 5.08. The van der Waals surface area contributed by atoms with Crippen LogP contribution in [0, 0.1) is 0 Å². The largest absolute Gasteiger partial charge is 0.397 e. The Morgan fingerprint density at radius 3 is 1.95 bits per heavy atom. The van der Waals surface area contributed by atoms with Gasteiger partial charge in [0, 0.05) is 17.1 Å². The lowest BCUT2D eigenvalue weighted by atomic mass is 9.99. The van der Waals surface area contributed by atoms with Gasteiger partial charge in [0.05, 0.1) is 5.69 Å². The Balaban J connectivity index is 1.74. The smallest absolute Gasteiger partial charge is 0.0572 e. The third kappa shape index (κ3) is 2.15. The van der Waals surface area contributed by atoms with Crippen molar-refractivity contribution < 1.29 is 0 Å². The Labute approximate surface area is 129 Å². The SMILES string of the molecule is Nc1c[nH]c2ccc(-c3ccc(-c4ccccc4)cc3)cc12. The standard InChI is InChI=1S/C20H16N2/c21-19-13-22-20-11-10-17(12-18(19)20)16-8-6-15(7-9-16)14-4-2-1-3-5-14/h1-13,22H,21H2. The van der Waals surface area contributed by atoms with Crippen LogP contribution in [0.2, 0.25) is 0 Å². The van der Waals surface area contributed by atoms with E-state index >= 15 is 0 Å². The minimum absolute atomic E-state index is 0.790. The van der Waals surface area contributed by atoms with Crippen LogP contribution in [0.25, 0.3) is 33.2 Å². The maximum atomic E-state index is 5.99. The molecule has 1 aromatic heterocycles. The first kappa shape index (κ1) is 12.7. The van der Waals surface area contributed by atoms with E-state index in [4.69, 9.17) is 5.73 Å². The van der Waals surface area contributed by atoms with Crippen molar-refractivity contribution in [3.05, 3.63) is 79.0 Å². The molecule has 0 aliphatic carbocycles. The van der Waals surface area contributed by atoms with E-state index in [0.717, 1.165) is 16.6 Å². The van der Waals surface area contributed by atoms with Gasteiger partial charge in [-0.25, -0.2) is 0 Å². The summed E-state index contributed by atoms with van der Waals surface area (Å²) in [4.78, 5) is 3.17. The van der Waals surface area contributed by atoms with E-state index in [-0.39, 0.29) is 0 Å². The number of anilines is 1. The van der Waals surface area contributed by atoms with E-state index in [2.05, 4.69) is 71.7 Å². The normalized spacial score (nSPS) is 10.9. The lowest BCUT2D eigenvalue weighted by Crippen LogP contribution is -1.83. The molecule has 0 fully saturated rings. The summed E-state index contributed by atoms with van der Waals surface area (Å²) in [6.07, 6.45) is 1.84. The zero-order valence-electron chi connectivity index (χ0n) is 12.1. The summed E-state index contributed by atoms with van der Waals surface area (Å²) < 4.78 is 0. The van der Waals surface area contributed by atoms with E-state index in [0.29, 0.717) is 0 Å². The predicted molar refractivity (Wildman–Crippen MR) is 93.6 cm³/mol. The van der Waals surface area contributed by atoms with Crippen LogP contribution in [0.3, 0.4) is 0 Å². The second-order valence-corrected chi connectivity index (χ2v) is 5.45. The van der Waals surface area contributed by atoms with Gasteiger partial charge in [0.25, 0.3) is 0 Å². The van der Waals surface area contributed by atoms with Crippen LogP contribution in [0.4, 0.5) is 5.69 Å². The van der Waals surface area contributed by atoms with Gasteiger partial charge < -0.3 is 10.7 Å². The number of hydrogen-bond acceptors (Lipinski definition) is 1. The number of H-pyrrole nitrogens is 1. The summed E-state index contributed by atoms with van der Waals surface area (Å²) in [5.41, 5.74) is 12.7. The molecule has 0 unspecified atom stereocenters. The van der Waals surface area contributed by atoms with Gasteiger partial charge >= 0.3 is 0 Å². The molecule has 4 rings (SSSR count). The minimum atomic E-state index is 0.790. The highest BCUT2D eigenvalue weighted by atomic mass is 14.7. The Hall–Kier alpha value is -3.00. The Morgan fingerprint density at radius 2 is 1.23 bits per heavy atom. The first-order chi connectivity index (χ1) is 10.8. The topological polar surface area (TPSA) is 41.8 Å². The molecule has 2 nitrogen and oxygen atoms in total. The molecule has 3 N–H and O–H groups in total. The average molecular weight is 284 g/mol. The van der Waals surface area contributed by atoms with E-state index in [1.165, 1.54) is 22.3 Å². The van der Waals surface area contributed by atoms with Gasteiger partial charge in [-0.15, -0.1) is 0 Å². The Bertz CT molecular complexity index is 919. The molecule has 106 valence electrons. The quantitative estimate of drug-likeness (QED) is 0.529. The summed E-state index contributed by atoms with van der Waals surface area (Å²) in [7, 11) is 0. The van der Waals surface area contributed by atoms with Crippen LogP contribution in [0.5, 0.6) is 0 Å². The van der Waals surface area contributed by atoms with Crippen molar-refractivity contribution in [1.82, 2.24) is 4.98 Å². The number of benzene rings is 3. The van der Waals surface area contributed by atoms with Gasteiger partial charge in [0.2, 0.25) is 0 Å². The molecule has 0 spiro atoms. The Morgan fingerprint density at radius 1 is 0.636 bits per heavy atom. The summed E-state index contributed by atoms with van der Waals surface area (Å²) in [6.45, 7) is 0. The van der Waals surface area contributed by atoms with Crippen molar-refractivity contribution in [2.24, 2.45) is 0 Å². The van der Waals surface area contributed by atoms with Crippen LogP contribution in [-0.2, 0) is 0 Å². The maximum absolute atomic E-state index is 5.99. The van der Waals surface area contributed by atoms with E-state index in [1.54, 1.807) is 0 Å². The van der Waals surface area contributed by atoms with Gasteiger partial charge in [0.1, 0.15) is 0 Å². The lowest BCUT2D eigenvalue weighted by molar-refractivity contribution is 1.48. The number of nitrogen functional groups attached to an aromatic ring is 1. The molecule has 4 aromatic rings. The molecule has 3 aromatic carbocycles. The molecule has 0 aliphatic rings. The van der Waals surface area contributed by atoms with Gasteiger partial charge in [0.15, 0.2) is 0 Å². The van der Waals surface area contributed by atoms with Gasteiger partial charge in [-0.3, -0.25) is 0 Å². The van der Waals surface area contributed by atoms with Gasteiger partial charge in [-0.2, -0.15) is 0 Å². The molecule has 0 radical (unpaired) electrons. The van der Waals surface area contributed by atoms with E-state index in [9.17, 15) is 0 Å². The fourth-order valence-electron chi connectivity index (χ4n) is 2.81. The van der Waals surface area contributed by atoms with Crippen molar-refractivity contribution in [3.63, 3.8) is 0 Å². The highest BCUT2D eigenvalue weighted by Crippen LogP contribution is 2.29. The zero-order chi connectivity index (χ0) is 14.9. The van der Waals surface area contributed by atoms with E-state index in [1.807, 2.05) is 12.3 Å². The molecule has 2 heteroatoms. The second kappa shape index (κ2) is 5.08. The minimum Gasteiger partial charge on any atom is -0.397 e. The number of nitrogens with one attached hydrogen (secondary N) is 1. The molecule has 0 bridgehead atoms. The third-order valence-corrected chi connectivity index (χ3v) is 4.04. The molecule has 1 heterocycles. The van der Waals surface area contributed by atoms with Crippen molar-refractivity contribution in [3.8, 4) is 22.3 Å². The van der Waals surface area contributed by atoms with E-state index < -0.39 is 0 Å². The summed E-state index contributed by atoms with van der Waals surface area (Å²) >= 11 is 0. The molecule has 0 saturated carbocycles. The van der Waals surface area contributed by atoms with Crippen LogP contribution < -0.4 is 5.73 Å². The molecule has 0 amide bonds. The first-order valence-corrected chi connectivity index (χ1v) is 7.34. The lowest BCUT2D eigenvalue weighted by Gasteiger charge is -2.05. The number of aromatic amines is 1. The number of fused-ring (bicyclic) bond motifs is 1. The van der Waals surface area contributed by atoms with Crippen LogP contribution in [0.15, 0.2) is 79.0 Å². The van der Waals surface area contributed by atoms with Crippen molar-refractivity contribution in [2.75, 3.05) is 5.73 Å². The van der Waals surface area contributed by atoms with Gasteiger partial charge in [-0.05, 0) is 34.4 Å². The fraction of sp³-hybridized carbons (Fsp3) is 0. The maximum Gasteiger partial charge on any atom is 0.0572 e. The monoisotopic (exact) mass is 284 g/mol. The molecular formula is C20H16N2. The van der Waals surface area contributed by atoms with Crippen LogP contribution in [-0.4, -0.2) is 4.98 Å². The molecule has 0 saturated heterocycles. The van der Waals surface area contributed by atoms with Crippen LogP contribution >= 0.6 is 0 Å².